The number of hydrogen-bond acceptors (Lipinski definition) is 4. The summed E-state index contributed by atoms with van der Waals surface area (Å²) in [6, 6.07) is 15.4. The van der Waals surface area contributed by atoms with Crippen LogP contribution in [-0.4, -0.2) is 49.3 Å². The Bertz CT molecular complexity index is 1150. The molecule has 0 aliphatic heterocycles. The van der Waals surface area contributed by atoms with E-state index < -0.39 is 32.0 Å². The minimum atomic E-state index is -3.81. The molecule has 0 fully saturated rings. The average molecular weight is 474 g/mol. The Morgan fingerprint density at radius 2 is 1.76 bits per heavy atom. The molecule has 1 aromatic heterocycles. The summed E-state index contributed by atoms with van der Waals surface area (Å²) in [5.41, 5.74) is 3.74. The van der Waals surface area contributed by atoms with Gasteiger partial charge in [0.2, 0.25) is 7.37 Å². The van der Waals surface area contributed by atoms with Gasteiger partial charge in [0.15, 0.2) is 0 Å². The molecule has 0 radical (unpaired) electrons. The number of nitrogens with zero attached hydrogens (tertiary/aromatic N) is 2. The van der Waals surface area contributed by atoms with Crippen LogP contribution in [0.25, 0.3) is 16.9 Å². The highest BCUT2D eigenvalue weighted by Gasteiger charge is 2.28. The number of carboxylic acid groups (broad SMARTS) is 1. The molecule has 3 rings (SSSR count). The predicted octanol–water partition coefficient (Wildman–Crippen LogP) is 4.45. The summed E-state index contributed by atoms with van der Waals surface area (Å²) in [7, 11) is -3.81. The molecule has 1 heterocycles. The maximum Gasteiger partial charge on any atom is 0.305 e. The van der Waals surface area contributed by atoms with E-state index in [1.807, 2.05) is 44.2 Å². The smallest absolute Gasteiger partial charge is 0.305 e. The maximum absolute atomic E-state index is 13.5. The molecule has 0 aliphatic carbocycles. The normalized spacial score (nSPS) is 14.2. The van der Waals surface area contributed by atoms with Gasteiger partial charge in [-0.2, -0.15) is 5.10 Å². The molecule has 7 nitrogen and oxygen atoms in total. The van der Waals surface area contributed by atoms with E-state index >= 15 is 0 Å². The third-order valence-corrected chi connectivity index (χ3v) is 7.22. The number of carbonyl (C=O) groups is 1. The summed E-state index contributed by atoms with van der Waals surface area (Å²) in [5.74, 6) is -1.58. The number of aliphatic hydroxyl groups excluding tert-OH is 1. The molecular weight excluding hydrogens is 446 g/mol. The van der Waals surface area contributed by atoms with Gasteiger partial charge in [0.25, 0.3) is 0 Å². The highest BCUT2D eigenvalue weighted by atomic mass is 31.2. The molecule has 0 saturated carbocycles. The van der Waals surface area contributed by atoms with Gasteiger partial charge in [-0.3, -0.25) is 9.36 Å². The van der Waals surface area contributed by atoms with Gasteiger partial charge in [-0.1, -0.05) is 32.0 Å². The third kappa shape index (κ3) is 6.38. The Balaban J connectivity index is 2.02. The zero-order valence-corrected chi connectivity index (χ0v) is 19.5. The molecule has 0 spiro atoms. The standard InChI is InChI=1S/C24H28FN2O5P/c1-16(2)24-21(12-13-33(31,32)15-20(28)14-22(29)30)23(17-8-10-18(25)11-9-17)26-27(24)19-6-4-3-5-7-19/h3-11,16,20,28H,12-15H2,1-2H3,(H,29,30)(H,31,32)/t20-/m0/s1. The fourth-order valence-electron chi connectivity index (χ4n) is 3.88. The number of rotatable bonds is 10. The zero-order chi connectivity index (χ0) is 24.2. The van der Waals surface area contributed by atoms with E-state index in [1.165, 1.54) is 12.1 Å². The van der Waals surface area contributed by atoms with Crippen LogP contribution in [0, 0.1) is 5.82 Å². The Morgan fingerprint density at radius 3 is 2.33 bits per heavy atom. The highest BCUT2D eigenvalue weighted by molar-refractivity contribution is 7.58. The quantitative estimate of drug-likeness (QED) is 0.374. The molecule has 0 bridgehead atoms. The lowest BCUT2D eigenvalue weighted by atomic mass is 9.98. The largest absolute Gasteiger partial charge is 0.481 e. The molecule has 0 amide bonds. The number of aliphatic carboxylic acids is 1. The van der Waals surface area contributed by atoms with Crippen molar-refractivity contribution in [2.75, 3.05) is 12.3 Å². The molecule has 0 saturated heterocycles. The number of hydrogen-bond donors (Lipinski definition) is 3. The summed E-state index contributed by atoms with van der Waals surface area (Å²) in [6.07, 6.45) is -2.42. The van der Waals surface area contributed by atoms with Crippen LogP contribution in [0.1, 0.15) is 37.4 Å². The molecule has 2 atom stereocenters. The van der Waals surface area contributed by atoms with E-state index in [0.717, 1.165) is 16.9 Å². The minimum Gasteiger partial charge on any atom is -0.481 e. The molecule has 9 heteroatoms. The first-order valence-electron chi connectivity index (χ1n) is 10.7. The molecule has 2 aromatic carbocycles. The number of aliphatic hydroxyl groups is 1. The van der Waals surface area contributed by atoms with Crippen LogP contribution in [0.5, 0.6) is 0 Å². The van der Waals surface area contributed by atoms with Crippen LogP contribution in [0.4, 0.5) is 4.39 Å². The van der Waals surface area contributed by atoms with Crippen molar-refractivity contribution in [3.8, 4) is 16.9 Å². The summed E-state index contributed by atoms with van der Waals surface area (Å²) in [4.78, 5) is 21.2. The number of halogens is 1. The molecule has 176 valence electrons. The van der Waals surface area contributed by atoms with Gasteiger partial charge in [0.1, 0.15) is 5.82 Å². The topological polar surface area (TPSA) is 113 Å². The molecule has 1 unspecified atom stereocenters. The molecule has 3 N–H and O–H groups in total. The third-order valence-electron chi connectivity index (χ3n) is 5.31. The van der Waals surface area contributed by atoms with Crippen molar-refractivity contribution in [1.82, 2.24) is 9.78 Å². The van der Waals surface area contributed by atoms with Crippen molar-refractivity contribution in [2.45, 2.75) is 38.7 Å². The summed E-state index contributed by atoms with van der Waals surface area (Å²) in [6.45, 7) is 4.01. The van der Waals surface area contributed by atoms with Gasteiger partial charge in [-0.15, -0.1) is 0 Å². The molecule has 33 heavy (non-hydrogen) atoms. The van der Waals surface area contributed by atoms with Crippen molar-refractivity contribution in [2.24, 2.45) is 0 Å². The summed E-state index contributed by atoms with van der Waals surface area (Å²) >= 11 is 0. The fraction of sp³-hybridized carbons (Fsp3) is 0.333. The second-order valence-electron chi connectivity index (χ2n) is 8.38. The first kappa shape index (κ1) is 24.8. The lowest BCUT2D eigenvalue weighted by Crippen LogP contribution is -2.18. The molecular formula is C24H28FN2O5P. The second kappa shape index (κ2) is 10.4. The zero-order valence-electron chi connectivity index (χ0n) is 18.6. The van der Waals surface area contributed by atoms with Gasteiger partial charge >= 0.3 is 5.97 Å². The monoisotopic (exact) mass is 474 g/mol. The number of para-hydroxylation sites is 1. The predicted molar refractivity (Wildman–Crippen MR) is 125 cm³/mol. The lowest BCUT2D eigenvalue weighted by molar-refractivity contribution is -0.138. The summed E-state index contributed by atoms with van der Waals surface area (Å²) in [5, 5.41) is 23.4. The maximum atomic E-state index is 13.5. The van der Waals surface area contributed by atoms with E-state index in [-0.39, 0.29) is 24.3 Å². The van der Waals surface area contributed by atoms with Crippen molar-refractivity contribution in [1.29, 1.82) is 0 Å². The van der Waals surface area contributed by atoms with E-state index in [2.05, 4.69) is 0 Å². The first-order chi connectivity index (χ1) is 15.6. The second-order valence-corrected chi connectivity index (χ2v) is 10.9. The first-order valence-corrected chi connectivity index (χ1v) is 12.7. The van der Waals surface area contributed by atoms with Crippen molar-refractivity contribution in [3.63, 3.8) is 0 Å². The van der Waals surface area contributed by atoms with Crippen LogP contribution in [0.2, 0.25) is 0 Å². The Labute approximate surface area is 192 Å². The van der Waals surface area contributed by atoms with Crippen LogP contribution in [0.3, 0.4) is 0 Å². The SMILES string of the molecule is CC(C)c1c(CCP(=O)(O)C[C@@H](O)CC(=O)O)c(-c2ccc(F)cc2)nn1-c1ccccc1. The Kier molecular flexibility index (Phi) is 7.84. The van der Waals surface area contributed by atoms with Crippen molar-refractivity contribution >= 4 is 13.3 Å². The van der Waals surface area contributed by atoms with Gasteiger partial charge in [0, 0.05) is 17.3 Å². The van der Waals surface area contributed by atoms with Crippen LogP contribution in [0.15, 0.2) is 54.6 Å². The van der Waals surface area contributed by atoms with Crippen LogP contribution >= 0.6 is 7.37 Å². The van der Waals surface area contributed by atoms with Gasteiger partial charge < -0.3 is 15.1 Å². The minimum absolute atomic E-state index is 0.0255. The summed E-state index contributed by atoms with van der Waals surface area (Å²) < 4.78 is 28.1. The Hall–Kier alpha value is -2.80. The van der Waals surface area contributed by atoms with E-state index in [0.29, 0.717) is 11.3 Å². The van der Waals surface area contributed by atoms with Gasteiger partial charge in [-0.05, 0) is 48.7 Å². The average Bonchev–Trinajstić information content (AvgIpc) is 3.12. The lowest BCUT2D eigenvalue weighted by Gasteiger charge is -2.17. The van der Waals surface area contributed by atoms with Crippen molar-refractivity contribution < 1.29 is 28.9 Å². The highest BCUT2D eigenvalue weighted by Crippen LogP contribution is 2.43. The van der Waals surface area contributed by atoms with E-state index in [4.69, 9.17) is 10.2 Å². The van der Waals surface area contributed by atoms with E-state index in [9.17, 15) is 23.7 Å². The van der Waals surface area contributed by atoms with Gasteiger partial charge in [-0.25, -0.2) is 9.07 Å². The number of carboxylic acids is 1. The Morgan fingerprint density at radius 1 is 1.12 bits per heavy atom. The van der Waals surface area contributed by atoms with Crippen molar-refractivity contribution in [3.05, 3.63) is 71.7 Å². The fourth-order valence-corrected chi connectivity index (χ4v) is 5.43. The number of aromatic nitrogens is 2. The van der Waals surface area contributed by atoms with E-state index in [1.54, 1.807) is 16.8 Å². The number of benzene rings is 2. The molecule has 0 aliphatic rings. The van der Waals surface area contributed by atoms with Crippen LogP contribution < -0.4 is 0 Å². The van der Waals surface area contributed by atoms with Crippen LogP contribution in [-0.2, 0) is 15.8 Å². The molecule has 3 aromatic rings. The van der Waals surface area contributed by atoms with Gasteiger partial charge in [0.05, 0.1) is 35.8 Å².